The Morgan fingerprint density at radius 2 is 1.62 bits per heavy atom. The third-order valence-corrected chi connectivity index (χ3v) is 1.08. The van der Waals surface area contributed by atoms with E-state index in [0.717, 1.165) is 0 Å². The van der Waals surface area contributed by atoms with E-state index < -0.39 is 11.4 Å². The van der Waals surface area contributed by atoms with Gasteiger partial charge < -0.3 is 10.4 Å². The number of rotatable bonds is 2. The molecular weight excluding hydrogens is 170 g/mol. The first-order valence-electron chi connectivity index (χ1n) is 4.34. The molecule has 0 aromatic heterocycles. The number of carbonyl (C=O) groups excluding carboxylic acids is 1. The second-order valence-corrected chi connectivity index (χ2v) is 3.33. The van der Waals surface area contributed by atoms with Crippen LogP contribution in [0.4, 0.5) is 0 Å². The van der Waals surface area contributed by atoms with Gasteiger partial charge in [0.25, 0.3) is 0 Å². The van der Waals surface area contributed by atoms with Crippen LogP contribution in [-0.4, -0.2) is 23.5 Å². The number of nitrogens with one attached hydrogen (secondary N) is 1. The van der Waals surface area contributed by atoms with Gasteiger partial charge in [0.1, 0.15) is 6.54 Å². The molecule has 0 unspecified atom stereocenters. The van der Waals surface area contributed by atoms with Crippen molar-refractivity contribution in [1.29, 1.82) is 0 Å². The molecular formula is C9H19NO3. The minimum atomic E-state index is -1.03. The van der Waals surface area contributed by atoms with Crippen LogP contribution in [0.25, 0.3) is 0 Å². The van der Waals surface area contributed by atoms with Gasteiger partial charge in [-0.05, 0) is 0 Å². The highest BCUT2D eigenvalue weighted by Gasteiger charge is 2.20. The van der Waals surface area contributed by atoms with Gasteiger partial charge in [-0.1, -0.05) is 34.6 Å². The molecule has 1 amide bonds. The highest BCUT2D eigenvalue weighted by atomic mass is 16.4. The Morgan fingerprint density at radius 3 is 1.85 bits per heavy atom. The van der Waals surface area contributed by atoms with Crippen molar-refractivity contribution < 1.29 is 14.7 Å². The minimum absolute atomic E-state index is 0.250. The molecule has 0 aliphatic carbocycles. The molecule has 0 saturated heterocycles. The van der Waals surface area contributed by atoms with Gasteiger partial charge in [-0.15, -0.1) is 0 Å². The van der Waals surface area contributed by atoms with E-state index in [1.54, 1.807) is 20.8 Å². The van der Waals surface area contributed by atoms with Crippen molar-refractivity contribution >= 4 is 11.9 Å². The Morgan fingerprint density at radius 1 is 1.23 bits per heavy atom. The van der Waals surface area contributed by atoms with Gasteiger partial charge in [0, 0.05) is 5.41 Å². The predicted molar refractivity (Wildman–Crippen MR) is 51.4 cm³/mol. The first-order valence-corrected chi connectivity index (χ1v) is 4.34. The van der Waals surface area contributed by atoms with E-state index in [1.807, 2.05) is 13.8 Å². The van der Waals surface area contributed by atoms with Crippen LogP contribution in [-0.2, 0) is 9.59 Å². The maximum Gasteiger partial charge on any atom is 0.322 e. The first-order chi connectivity index (χ1) is 5.84. The monoisotopic (exact) mass is 189 g/mol. The molecule has 0 atom stereocenters. The van der Waals surface area contributed by atoms with E-state index in [2.05, 4.69) is 5.32 Å². The summed E-state index contributed by atoms with van der Waals surface area (Å²) in [7, 11) is 0. The number of hydrogen-bond donors (Lipinski definition) is 2. The van der Waals surface area contributed by atoms with Crippen LogP contribution in [0.2, 0.25) is 0 Å². The maximum absolute atomic E-state index is 11.0. The molecule has 0 rings (SSSR count). The van der Waals surface area contributed by atoms with Gasteiger partial charge in [-0.3, -0.25) is 9.59 Å². The number of amides is 1. The summed E-state index contributed by atoms with van der Waals surface area (Å²) in [5.74, 6) is -1.28. The van der Waals surface area contributed by atoms with Gasteiger partial charge in [0.05, 0.1) is 0 Å². The van der Waals surface area contributed by atoms with E-state index in [9.17, 15) is 9.59 Å². The average molecular weight is 189 g/mol. The van der Waals surface area contributed by atoms with Crippen LogP contribution in [0.1, 0.15) is 34.6 Å². The fourth-order valence-electron chi connectivity index (χ4n) is 0.421. The third-order valence-electron chi connectivity index (χ3n) is 1.08. The van der Waals surface area contributed by atoms with E-state index in [1.165, 1.54) is 0 Å². The first kappa shape index (κ1) is 14.5. The lowest BCUT2D eigenvalue weighted by molar-refractivity contribution is -0.139. The molecule has 2 N–H and O–H groups in total. The second kappa shape index (κ2) is 6.46. The van der Waals surface area contributed by atoms with Crippen LogP contribution in [0.3, 0.4) is 0 Å². The SMILES string of the molecule is CC.CC(C)(C)C(=O)NCC(=O)O. The zero-order valence-corrected chi connectivity index (χ0v) is 8.97. The molecule has 0 aromatic rings. The van der Waals surface area contributed by atoms with E-state index in [-0.39, 0.29) is 12.5 Å². The molecule has 4 heteroatoms. The number of carboxylic acids is 1. The zero-order chi connectivity index (χ0) is 11.1. The van der Waals surface area contributed by atoms with Gasteiger partial charge >= 0.3 is 5.97 Å². The standard InChI is InChI=1S/C7H13NO3.C2H6/c1-7(2,3)6(11)8-4-5(9)10;1-2/h4H2,1-3H3,(H,8,11)(H,9,10);1-2H3. The number of hydrogen-bond acceptors (Lipinski definition) is 2. The summed E-state index contributed by atoms with van der Waals surface area (Å²) < 4.78 is 0. The Bertz CT molecular complexity index is 170. The smallest absolute Gasteiger partial charge is 0.322 e. The Kier molecular flexibility index (Phi) is 7.18. The molecule has 0 saturated carbocycles. The highest BCUT2D eigenvalue weighted by molar-refractivity contribution is 5.84. The lowest BCUT2D eigenvalue weighted by atomic mass is 9.96. The topological polar surface area (TPSA) is 66.4 Å². The molecule has 0 bridgehead atoms. The Balaban J connectivity index is 0. The second-order valence-electron chi connectivity index (χ2n) is 3.33. The van der Waals surface area contributed by atoms with E-state index in [4.69, 9.17) is 5.11 Å². The summed E-state index contributed by atoms with van der Waals surface area (Å²) in [6.45, 7) is 8.87. The van der Waals surface area contributed by atoms with Crippen molar-refractivity contribution in [3.8, 4) is 0 Å². The third kappa shape index (κ3) is 8.85. The van der Waals surface area contributed by atoms with Crippen molar-refractivity contribution in [2.45, 2.75) is 34.6 Å². The number of carbonyl (C=O) groups is 2. The van der Waals surface area contributed by atoms with E-state index in [0.29, 0.717) is 0 Å². The molecule has 4 nitrogen and oxygen atoms in total. The van der Waals surface area contributed by atoms with Gasteiger partial charge in [-0.2, -0.15) is 0 Å². The highest BCUT2D eigenvalue weighted by Crippen LogP contribution is 2.11. The molecule has 0 fully saturated rings. The molecule has 13 heavy (non-hydrogen) atoms. The predicted octanol–water partition coefficient (Wildman–Crippen LogP) is 1.26. The summed E-state index contributed by atoms with van der Waals surface area (Å²) in [6, 6.07) is 0. The van der Waals surface area contributed by atoms with Gasteiger partial charge in [0.2, 0.25) is 5.91 Å². The number of aliphatic carboxylic acids is 1. The Labute approximate surface area is 79.3 Å². The fraction of sp³-hybridized carbons (Fsp3) is 0.778. The normalized spacial score (nSPS) is 9.62. The summed E-state index contributed by atoms with van der Waals surface area (Å²) in [6.07, 6.45) is 0. The van der Waals surface area contributed by atoms with Crippen molar-refractivity contribution in [3.63, 3.8) is 0 Å². The van der Waals surface area contributed by atoms with Crippen LogP contribution in [0.15, 0.2) is 0 Å². The number of carboxylic acid groups (broad SMARTS) is 1. The molecule has 0 aliphatic rings. The van der Waals surface area contributed by atoms with Crippen LogP contribution in [0.5, 0.6) is 0 Å². The lowest BCUT2D eigenvalue weighted by Gasteiger charge is -2.16. The fourth-order valence-corrected chi connectivity index (χ4v) is 0.421. The maximum atomic E-state index is 11.0. The largest absolute Gasteiger partial charge is 0.480 e. The quantitative estimate of drug-likeness (QED) is 0.687. The Hall–Kier alpha value is -1.06. The van der Waals surface area contributed by atoms with Crippen molar-refractivity contribution in [2.24, 2.45) is 5.41 Å². The van der Waals surface area contributed by atoms with Crippen molar-refractivity contribution in [2.75, 3.05) is 6.54 Å². The summed E-state index contributed by atoms with van der Waals surface area (Å²) >= 11 is 0. The summed E-state index contributed by atoms with van der Waals surface area (Å²) in [4.78, 5) is 21.0. The van der Waals surface area contributed by atoms with Crippen LogP contribution in [0, 0.1) is 5.41 Å². The lowest BCUT2D eigenvalue weighted by Crippen LogP contribution is -2.37. The molecule has 0 radical (unpaired) electrons. The van der Waals surface area contributed by atoms with Crippen LogP contribution < -0.4 is 5.32 Å². The van der Waals surface area contributed by atoms with Crippen LogP contribution >= 0.6 is 0 Å². The van der Waals surface area contributed by atoms with Gasteiger partial charge in [0.15, 0.2) is 0 Å². The molecule has 0 aromatic carbocycles. The average Bonchev–Trinajstić information content (AvgIpc) is 2.02. The molecule has 78 valence electrons. The van der Waals surface area contributed by atoms with E-state index >= 15 is 0 Å². The molecule has 0 aliphatic heterocycles. The zero-order valence-electron chi connectivity index (χ0n) is 8.97. The van der Waals surface area contributed by atoms with Gasteiger partial charge in [-0.25, -0.2) is 0 Å². The molecule has 0 spiro atoms. The summed E-state index contributed by atoms with van der Waals surface area (Å²) in [5, 5.41) is 10.5. The van der Waals surface area contributed by atoms with Crippen molar-refractivity contribution in [3.05, 3.63) is 0 Å². The minimum Gasteiger partial charge on any atom is -0.480 e. The van der Waals surface area contributed by atoms with Crippen molar-refractivity contribution in [1.82, 2.24) is 5.32 Å². The molecule has 0 heterocycles. The summed E-state index contributed by atoms with van der Waals surface area (Å²) in [5.41, 5.74) is -0.518.